The monoisotopic (exact) mass is 262 g/mol. The SMILES string of the molecule is NCCN(CC(F)F)C(=O)C1CCCCCCC1. The molecule has 0 saturated heterocycles. The summed E-state index contributed by atoms with van der Waals surface area (Å²) < 4.78 is 24.9. The van der Waals surface area contributed by atoms with Gasteiger partial charge in [-0.25, -0.2) is 8.78 Å². The first-order chi connectivity index (χ1) is 8.65. The molecule has 1 saturated carbocycles. The van der Waals surface area contributed by atoms with Crippen molar-refractivity contribution in [1.29, 1.82) is 0 Å². The Kier molecular flexibility index (Phi) is 7.16. The van der Waals surface area contributed by atoms with Crippen LogP contribution in [0.2, 0.25) is 0 Å². The summed E-state index contributed by atoms with van der Waals surface area (Å²) in [6.45, 7) is -0.00259. The highest BCUT2D eigenvalue weighted by Crippen LogP contribution is 2.24. The van der Waals surface area contributed by atoms with E-state index in [0.717, 1.165) is 38.5 Å². The van der Waals surface area contributed by atoms with Crippen molar-refractivity contribution in [2.45, 2.75) is 51.4 Å². The minimum Gasteiger partial charge on any atom is -0.335 e. The molecule has 106 valence electrons. The van der Waals surface area contributed by atoms with Gasteiger partial charge in [0.2, 0.25) is 5.91 Å². The number of rotatable bonds is 5. The molecule has 2 N–H and O–H groups in total. The third kappa shape index (κ3) is 5.29. The highest BCUT2D eigenvalue weighted by Gasteiger charge is 2.25. The molecule has 0 bridgehead atoms. The first-order valence-electron chi connectivity index (χ1n) is 6.92. The standard InChI is InChI=1S/C13H24F2N2O/c14-12(15)10-17(9-8-16)13(18)11-6-4-2-1-3-5-7-11/h11-12H,1-10,16H2. The second-order valence-electron chi connectivity index (χ2n) is 5.01. The molecule has 0 radical (unpaired) electrons. The molecule has 0 heterocycles. The van der Waals surface area contributed by atoms with E-state index in [-0.39, 0.29) is 24.9 Å². The van der Waals surface area contributed by atoms with Gasteiger partial charge in [-0.15, -0.1) is 0 Å². The molecule has 1 aliphatic rings. The van der Waals surface area contributed by atoms with E-state index < -0.39 is 13.0 Å². The normalized spacial score (nSPS) is 18.4. The zero-order chi connectivity index (χ0) is 13.4. The lowest BCUT2D eigenvalue weighted by Crippen LogP contribution is -2.42. The second-order valence-corrected chi connectivity index (χ2v) is 5.01. The molecule has 0 aliphatic heterocycles. The zero-order valence-corrected chi connectivity index (χ0v) is 10.9. The van der Waals surface area contributed by atoms with E-state index in [0.29, 0.717) is 0 Å². The average molecular weight is 262 g/mol. The molecule has 0 atom stereocenters. The quantitative estimate of drug-likeness (QED) is 0.827. The van der Waals surface area contributed by atoms with Crippen LogP contribution in [-0.2, 0) is 4.79 Å². The second kappa shape index (κ2) is 8.40. The molecular weight excluding hydrogens is 238 g/mol. The van der Waals surface area contributed by atoms with E-state index in [1.807, 2.05) is 0 Å². The van der Waals surface area contributed by atoms with E-state index in [4.69, 9.17) is 5.73 Å². The maximum atomic E-state index is 12.4. The Hall–Kier alpha value is -0.710. The zero-order valence-electron chi connectivity index (χ0n) is 10.9. The molecule has 5 heteroatoms. The predicted octanol–water partition coefficient (Wildman–Crippen LogP) is 2.40. The largest absolute Gasteiger partial charge is 0.335 e. The lowest BCUT2D eigenvalue weighted by molar-refractivity contribution is -0.138. The Balaban J connectivity index is 2.55. The van der Waals surface area contributed by atoms with Crippen LogP contribution in [0.4, 0.5) is 8.78 Å². The van der Waals surface area contributed by atoms with Crippen molar-refractivity contribution >= 4 is 5.91 Å². The van der Waals surface area contributed by atoms with Crippen LogP contribution >= 0.6 is 0 Å². The van der Waals surface area contributed by atoms with Crippen molar-refractivity contribution in [2.24, 2.45) is 11.7 Å². The van der Waals surface area contributed by atoms with Crippen LogP contribution in [0.3, 0.4) is 0 Å². The predicted molar refractivity (Wildman–Crippen MR) is 67.4 cm³/mol. The molecule has 18 heavy (non-hydrogen) atoms. The number of nitrogens with zero attached hydrogens (tertiary/aromatic N) is 1. The summed E-state index contributed by atoms with van der Waals surface area (Å²) in [4.78, 5) is 13.5. The van der Waals surface area contributed by atoms with E-state index in [1.54, 1.807) is 0 Å². The van der Waals surface area contributed by atoms with E-state index in [2.05, 4.69) is 0 Å². The Morgan fingerprint density at radius 2 is 1.72 bits per heavy atom. The Labute approximate surface area is 108 Å². The minimum absolute atomic E-state index is 0.0735. The lowest BCUT2D eigenvalue weighted by Gasteiger charge is -2.27. The van der Waals surface area contributed by atoms with Crippen molar-refractivity contribution in [2.75, 3.05) is 19.6 Å². The van der Waals surface area contributed by atoms with Gasteiger partial charge in [-0.1, -0.05) is 32.1 Å². The minimum atomic E-state index is -2.48. The van der Waals surface area contributed by atoms with Gasteiger partial charge in [0, 0.05) is 19.0 Å². The maximum absolute atomic E-state index is 12.4. The number of halogens is 2. The van der Waals surface area contributed by atoms with Crippen LogP contribution in [0.5, 0.6) is 0 Å². The number of alkyl halides is 2. The van der Waals surface area contributed by atoms with Gasteiger partial charge in [0.05, 0.1) is 6.54 Å². The Morgan fingerprint density at radius 1 is 1.17 bits per heavy atom. The van der Waals surface area contributed by atoms with E-state index in [9.17, 15) is 13.6 Å². The summed E-state index contributed by atoms with van der Waals surface area (Å²) >= 11 is 0. The lowest BCUT2D eigenvalue weighted by atomic mass is 9.90. The molecule has 1 aliphatic carbocycles. The fourth-order valence-electron chi connectivity index (χ4n) is 2.58. The summed E-state index contributed by atoms with van der Waals surface area (Å²) in [5, 5.41) is 0. The topological polar surface area (TPSA) is 46.3 Å². The van der Waals surface area contributed by atoms with Gasteiger partial charge in [0.25, 0.3) is 6.43 Å². The van der Waals surface area contributed by atoms with Gasteiger partial charge in [-0.05, 0) is 12.8 Å². The van der Waals surface area contributed by atoms with E-state index >= 15 is 0 Å². The highest BCUT2D eigenvalue weighted by molar-refractivity contribution is 5.78. The molecule has 3 nitrogen and oxygen atoms in total. The molecular formula is C13H24F2N2O. The van der Waals surface area contributed by atoms with E-state index in [1.165, 1.54) is 11.3 Å². The Morgan fingerprint density at radius 3 is 2.22 bits per heavy atom. The smallest absolute Gasteiger partial charge is 0.255 e. The molecule has 0 aromatic carbocycles. The summed E-state index contributed by atoms with van der Waals surface area (Å²) in [6, 6.07) is 0. The molecule has 1 amide bonds. The summed E-state index contributed by atoms with van der Waals surface area (Å²) in [5.74, 6) is -0.196. The van der Waals surface area contributed by atoms with Gasteiger partial charge < -0.3 is 10.6 Å². The number of hydrogen-bond acceptors (Lipinski definition) is 2. The van der Waals surface area contributed by atoms with Crippen molar-refractivity contribution in [3.8, 4) is 0 Å². The average Bonchev–Trinajstić information content (AvgIpc) is 2.26. The van der Waals surface area contributed by atoms with Gasteiger partial charge in [0.1, 0.15) is 0 Å². The number of carbonyl (C=O) groups is 1. The molecule has 0 spiro atoms. The van der Waals surface area contributed by atoms with Crippen LogP contribution in [0.25, 0.3) is 0 Å². The number of hydrogen-bond donors (Lipinski definition) is 1. The molecule has 0 unspecified atom stereocenters. The Bertz CT molecular complexity index is 241. The third-order valence-electron chi connectivity index (χ3n) is 3.52. The first-order valence-corrected chi connectivity index (χ1v) is 6.92. The van der Waals surface area contributed by atoms with Crippen LogP contribution in [0, 0.1) is 5.92 Å². The van der Waals surface area contributed by atoms with Crippen LogP contribution in [0.1, 0.15) is 44.9 Å². The van der Waals surface area contributed by atoms with Crippen molar-refractivity contribution < 1.29 is 13.6 Å². The van der Waals surface area contributed by atoms with Gasteiger partial charge >= 0.3 is 0 Å². The molecule has 0 aromatic heterocycles. The van der Waals surface area contributed by atoms with Gasteiger partial charge in [0.15, 0.2) is 0 Å². The van der Waals surface area contributed by atoms with Crippen LogP contribution < -0.4 is 5.73 Å². The molecule has 1 rings (SSSR count). The summed E-state index contributed by atoms with van der Waals surface area (Å²) in [6.07, 6.45) is 4.78. The maximum Gasteiger partial charge on any atom is 0.255 e. The summed E-state index contributed by atoms with van der Waals surface area (Å²) in [7, 11) is 0. The first kappa shape index (κ1) is 15.3. The summed E-state index contributed by atoms with van der Waals surface area (Å²) in [5.41, 5.74) is 5.39. The van der Waals surface area contributed by atoms with Crippen molar-refractivity contribution in [3.05, 3.63) is 0 Å². The third-order valence-corrected chi connectivity index (χ3v) is 3.52. The van der Waals surface area contributed by atoms with Gasteiger partial charge in [-0.2, -0.15) is 0 Å². The number of amides is 1. The van der Waals surface area contributed by atoms with Crippen LogP contribution in [-0.4, -0.2) is 36.9 Å². The van der Waals surface area contributed by atoms with Gasteiger partial charge in [-0.3, -0.25) is 4.79 Å². The van der Waals surface area contributed by atoms with Crippen LogP contribution in [0.15, 0.2) is 0 Å². The number of nitrogens with two attached hydrogens (primary N) is 1. The van der Waals surface area contributed by atoms with Crippen molar-refractivity contribution in [3.63, 3.8) is 0 Å². The number of carbonyl (C=O) groups excluding carboxylic acids is 1. The molecule has 1 fully saturated rings. The fourth-order valence-corrected chi connectivity index (χ4v) is 2.58. The van der Waals surface area contributed by atoms with Crippen molar-refractivity contribution in [1.82, 2.24) is 4.90 Å². The molecule has 0 aromatic rings. The highest BCUT2D eigenvalue weighted by atomic mass is 19.3. The fraction of sp³-hybridized carbons (Fsp3) is 0.923.